The highest BCUT2D eigenvalue weighted by Crippen LogP contribution is 2.29. The first-order chi connectivity index (χ1) is 13.8. The molecule has 2 heterocycles. The van der Waals surface area contributed by atoms with E-state index in [2.05, 4.69) is 20.5 Å². The van der Waals surface area contributed by atoms with Gasteiger partial charge in [-0.15, -0.1) is 5.10 Å². The molecular weight excluding hydrogens is 350 g/mol. The van der Waals surface area contributed by atoms with Gasteiger partial charge >= 0.3 is 0 Å². The number of anilines is 2. The zero-order chi connectivity index (χ0) is 18.9. The normalized spacial score (nSPS) is 11.0. The first kappa shape index (κ1) is 16.3. The Hall–Kier alpha value is -3.93. The fourth-order valence-corrected chi connectivity index (χ4v) is 3.37. The summed E-state index contributed by atoms with van der Waals surface area (Å²) in [4.78, 5) is 4.57. The van der Waals surface area contributed by atoms with Gasteiger partial charge in [0, 0.05) is 16.5 Å². The molecule has 1 N–H and O–H groups in total. The molecule has 0 radical (unpaired) electrons. The zero-order valence-electron chi connectivity index (χ0n) is 15.2. The fourth-order valence-electron chi connectivity index (χ4n) is 3.37. The Labute approximate surface area is 161 Å². The van der Waals surface area contributed by atoms with Gasteiger partial charge in [0.2, 0.25) is 0 Å². The predicted molar refractivity (Wildman–Crippen MR) is 110 cm³/mol. The monoisotopic (exact) mass is 367 g/mol. The largest absolute Gasteiger partial charge is 0.495 e. The van der Waals surface area contributed by atoms with Gasteiger partial charge in [-0.05, 0) is 30.3 Å². The lowest BCUT2D eigenvalue weighted by Gasteiger charge is -2.10. The van der Waals surface area contributed by atoms with E-state index in [1.807, 2.05) is 77.6 Å². The summed E-state index contributed by atoms with van der Waals surface area (Å²) in [5.41, 5.74) is 3.74. The maximum atomic E-state index is 5.49. The molecule has 0 atom stereocenters. The fraction of sp³-hybridized carbons (Fsp3) is 0.0455. The summed E-state index contributed by atoms with van der Waals surface area (Å²) in [6.07, 6.45) is 3.57. The zero-order valence-corrected chi connectivity index (χ0v) is 15.2. The average Bonchev–Trinajstić information content (AvgIpc) is 3.17. The molecule has 5 aromatic rings. The van der Waals surface area contributed by atoms with Crippen molar-refractivity contribution in [3.8, 4) is 11.4 Å². The van der Waals surface area contributed by atoms with Crippen LogP contribution in [0.4, 0.5) is 11.5 Å². The molecule has 3 aromatic carbocycles. The van der Waals surface area contributed by atoms with Gasteiger partial charge in [-0.1, -0.05) is 36.4 Å². The standard InChI is InChI=1S/C22H17N5O/c1-28-21-9-5-4-8-20(21)27-14-23-18-12-16(10-11-19(18)27)25-22-17-7-3-2-6-15(17)13-24-26-22/h2-14H,1H3,(H,25,26). The highest BCUT2D eigenvalue weighted by atomic mass is 16.5. The SMILES string of the molecule is COc1ccccc1-n1cnc2cc(Nc3nncc4ccccc34)ccc21. The number of aromatic nitrogens is 4. The maximum absolute atomic E-state index is 5.49. The molecule has 6 nitrogen and oxygen atoms in total. The summed E-state index contributed by atoms with van der Waals surface area (Å²) >= 11 is 0. The van der Waals surface area contributed by atoms with Crippen molar-refractivity contribution in [1.82, 2.24) is 19.7 Å². The van der Waals surface area contributed by atoms with Crippen molar-refractivity contribution in [1.29, 1.82) is 0 Å². The van der Waals surface area contributed by atoms with Gasteiger partial charge in [0.05, 0.1) is 30.0 Å². The van der Waals surface area contributed by atoms with Gasteiger partial charge in [-0.2, -0.15) is 5.10 Å². The molecule has 28 heavy (non-hydrogen) atoms. The van der Waals surface area contributed by atoms with Crippen LogP contribution in [-0.4, -0.2) is 26.9 Å². The molecule has 0 bridgehead atoms. The lowest BCUT2D eigenvalue weighted by Crippen LogP contribution is -1.98. The Morgan fingerprint density at radius 2 is 1.82 bits per heavy atom. The van der Waals surface area contributed by atoms with Crippen LogP contribution in [0, 0.1) is 0 Å². The van der Waals surface area contributed by atoms with Crippen LogP contribution in [-0.2, 0) is 0 Å². The third kappa shape index (κ3) is 2.72. The van der Waals surface area contributed by atoms with Gasteiger partial charge in [0.15, 0.2) is 5.82 Å². The Morgan fingerprint density at radius 1 is 0.964 bits per heavy atom. The molecule has 136 valence electrons. The summed E-state index contributed by atoms with van der Waals surface area (Å²) in [7, 11) is 1.67. The number of fused-ring (bicyclic) bond motifs is 2. The van der Waals surface area contributed by atoms with Crippen LogP contribution < -0.4 is 10.1 Å². The number of benzene rings is 3. The van der Waals surface area contributed by atoms with Crippen molar-refractivity contribution < 1.29 is 4.74 Å². The molecule has 0 unspecified atom stereocenters. The number of nitrogens with one attached hydrogen (secondary N) is 1. The second-order valence-corrected chi connectivity index (χ2v) is 6.40. The Balaban J connectivity index is 1.55. The number of methoxy groups -OCH3 is 1. The van der Waals surface area contributed by atoms with Crippen LogP contribution in [0.5, 0.6) is 5.75 Å². The summed E-state index contributed by atoms with van der Waals surface area (Å²) < 4.78 is 7.51. The molecule has 0 amide bonds. The van der Waals surface area contributed by atoms with Gasteiger partial charge in [-0.25, -0.2) is 4.98 Å². The summed E-state index contributed by atoms with van der Waals surface area (Å²) in [6.45, 7) is 0. The van der Waals surface area contributed by atoms with Crippen LogP contribution >= 0.6 is 0 Å². The van der Waals surface area contributed by atoms with E-state index in [4.69, 9.17) is 4.74 Å². The number of hydrogen-bond donors (Lipinski definition) is 1. The minimum Gasteiger partial charge on any atom is -0.495 e. The van der Waals surface area contributed by atoms with Crippen molar-refractivity contribution in [2.75, 3.05) is 12.4 Å². The minimum absolute atomic E-state index is 0.724. The number of nitrogens with zero attached hydrogens (tertiary/aromatic N) is 4. The van der Waals surface area contributed by atoms with E-state index in [0.29, 0.717) is 0 Å². The van der Waals surface area contributed by atoms with Crippen LogP contribution in [0.25, 0.3) is 27.5 Å². The van der Waals surface area contributed by atoms with Crippen molar-refractivity contribution in [3.05, 3.63) is 79.3 Å². The highest BCUT2D eigenvalue weighted by molar-refractivity contribution is 5.93. The summed E-state index contributed by atoms with van der Waals surface area (Å²) in [5, 5.41) is 13.8. The van der Waals surface area contributed by atoms with Crippen LogP contribution in [0.2, 0.25) is 0 Å². The molecule has 0 spiro atoms. The van der Waals surface area contributed by atoms with E-state index in [9.17, 15) is 0 Å². The van der Waals surface area contributed by atoms with E-state index in [1.165, 1.54) is 0 Å². The molecule has 2 aromatic heterocycles. The smallest absolute Gasteiger partial charge is 0.160 e. The highest BCUT2D eigenvalue weighted by Gasteiger charge is 2.10. The van der Waals surface area contributed by atoms with Crippen molar-refractivity contribution >= 4 is 33.3 Å². The van der Waals surface area contributed by atoms with E-state index in [-0.39, 0.29) is 0 Å². The van der Waals surface area contributed by atoms with Gasteiger partial charge in [0.25, 0.3) is 0 Å². The van der Waals surface area contributed by atoms with Gasteiger partial charge < -0.3 is 10.1 Å². The number of hydrogen-bond acceptors (Lipinski definition) is 5. The number of para-hydroxylation sites is 2. The molecule has 0 aliphatic carbocycles. The molecule has 0 saturated heterocycles. The van der Waals surface area contributed by atoms with E-state index in [0.717, 1.165) is 44.7 Å². The van der Waals surface area contributed by atoms with E-state index >= 15 is 0 Å². The molecular formula is C22H17N5O. The molecule has 0 fully saturated rings. The van der Waals surface area contributed by atoms with Gasteiger partial charge in [-0.3, -0.25) is 4.57 Å². The minimum atomic E-state index is 0.724. The second kappa shape index (κ2) is 6.66. The quantitative estimate of drug-likeness (QED) is 0.498. The van der Waals surface area contributed by atoms with Crippen molar-refractivity contribution in [2.45, 2.75) is 0 Å². The lowest BCUT2D eigenvalue weighted by molar-refractivity contribution is 0.413. The summed E-state index contributed by atoms with van der Waals surface area (Å²) in [5.74, 6) is 1.52. The maximum Gasteiger partial charge on any atom is 0.160 e. The van der Waals surface area contributed by atoms with Gasteiger partial charge in [0.1, 0.15) is 12.1 Å². The first-order valence-corrected chi connectivity index (χ1v) is 8.91. The van der Waals surface area contributed by atoms with E-state index < -0.39 is 0 Å². The van der Waals surface area contributed by atoms with Crippen LogP contribution in [0.1, 0.15) is 0 Å². The predicted octanol–water partition coefficient (Wildman–Crippen LogP) is 4.72. The average molecular weight is 367 g/mol. The molecule has 0 aliphatic heterocycles. The Kier molecular flexibility index (Phi) is 3.87. The van der Waals surface area contributed by atoms with Crippen molar-refractivity contribution in [3.63, 3.8) is 0 Å². The molecule has 5 rings (SSSR count). The number of rotatable bonds is 4. The Bertz CT molecular complexity index is 1290. The topological polar surface area (TPSA) is 64.9 Å². The molecule has 6 heteroatoms. The second-order valence-electron chi connectivity index (χ2n) is 6.40. The first-order valence-electron chi connectivity index (χ1n) is 8.91. The van der Waals surface area contributed by atoms with Crippen molar-refractivity contribution in [2.24, 2.45) is 0 Å². The third-order valence-electron chi connectivity index (χ3n) is 4.73. The lowest BCUT2D eigenvalue weighted by atomic mass is 10.2. The van der Waals surface area contributed by atoms with E-state index in [1.54, 1.807) is 13.3 Å². The third-order valence-corrected chi connectivity index (χ3v) is 4.73. The molecule has 0 saturated carbocycles. The number of imidazole rings is 1. The molecule has 0 aliphatic rings. The number of ether oxygens (including phenoxy) is 1. The Morgan fingerprint density at radius 3 is 2.75 bits per heavy atom. The summed E-state index contributed by atoms with van der Waals surface area (Å²) in [6, 6.07) is 22.0. The van der Waals surface area contributed by atoms with Crippen LogP contribution in [0.15, 0.2) is 79.3 Å². The van der Waals surface area contributed by atoms with Crippen LogP contribution in [0.3, 0.4) is 0 Å².